The van der Waals surface area contributed by atoms with Crippen molar-refractivity contribution in [1.82, 2.24) is 5.32 Å². The van der Waals surface area contributed by atoms with Gasteiger partial charge >= 0.3 is 12.2 Å². The van der Waals surface area contributed by atoms with E-state index in [1.807, 2.05) is 12.1 Å². The van der Waals surface area contributed by atoms with Crippen LogP contribution in [0.5, 0.6) is 5.75 Å². The molecule has 1 aliphatic rings. The molecule has 8 heteroatoms. The molecule has 2 aromatic carbocycles. The molecule has 2 aromatic rings. The fourth-order valence-electron chi connectivity index (χ4n) is 3.16. The molecule has 0 spiro atoms. The number of benzene rings is 2. The normalized spacial score (nSPS) is 19.7. The summed E-state index contributed by atoms with van der Waals surface area (Å²) in [5.41, 5.74) is -0.697. The van der Waals surface area contributed by atoms with Gasteiger partial charge < -0.3 is 15.4 Å². The summed E-state index contributed by atoms with van der Waals surface area (Å²) in [5, 5.41) is 5.92. The van der Waals surface area contributed by atoms with Crippen LogP contribution in [-0.2, 0) is 6.18 Å². The molecular formula is C20H20ClF3N2O2. The molecule has 0 unspecified atom stereocenters. The van der Waals surface area contributed by atoms with E-state index < -0.39 is 17.8 Å². The number of rotatable bonds is 4. The maximum atomic E-state index is 12.7. The first kappa shape index (κ1) is 20.3. The molecule has 0 aromatic heterocycles. The maximum Gasteiger partial charge on any atom is 0.416 e. The molecule has 3 rings (SSSR count). The van der Waals surface area contributed by atoms with E-state index in [0.717, 1.165) is 43.6 Å². The Kier molecular flexibility index (Phi) is 6.34. The first-order valence-corrected chi connectivity index (χ1v) is 9.34. The van der Waals surface area contributed by atoms with Gasteiger partial charge in [0.25, 0.3) is 0 Å². The van der Waals surface area contributed by atoms with E-state index in [1.165, 1.54) is 12.1 Å². The van der Waals surface area contributed by atoms with Crippen LogP contribution in [0.3, 0.4) is 0 Å². The monoisotopic (exact) mass is 412 g/mol. The van der Waals surface area contributed by atoms with Gasteiger partial charge in [-0.3, -0.25) is 0 Å². The van der Waals surface area contributed by atoms with Crippen molar-refractivity contribution in [3.63, 3.8) is 0 Å². The first-order chi connectivity index (χ1) is 13.3. The summed E-state index contributed by atoms with van der Waals surface area (Å²) in [6, 6.07) is 11.2. The van der Waals surface area contributed by atoms with Crippen LogP contribution in [0.2, 0.25) is 5.02 Å². The fraction of sp³-hybridized carbons (Fsp3) is 0.350. The lowest BCUT2D eigenvalue weighted by Gasteiger charge is -2.29. The molecule has 0 saturated heterocycles. The lowest BCUT2D eigenvalue weighted by molar-refractivity contribution is -0.137. The molecule has 1 fully saturated rings. The minimum absolute atomic E-state index is 0.0455. The van der Waals surface area contributed by atoms with E-state index in [-0.39, 0.29) is 17.8 Å². The van der Waals surface area contributed by atoms with Crippen molar-refractivity contribution in [2.24, 2.45) is 0 Å². The van der Waals surface area contributed by atoms with Crippen LogP contribution >= 0.6 is 11.6 Å². The second kappa shape index (κ2) is 8.73. The lowest BCUT2D eigenvalue weighted by Crippen LogP contribution is -2.41. The number of ether oxygens (including phenoxy) is 1. The number of hydrogen-bond acceptors (Lipinski definition) is 2. The Hall–Kier alpha value is -2.41. The number of hydrogen-bond donors (Lipinski definition) is 2. The van der Waals surface area contributed by atoms with E-state index >= 15 is 0 Å². The molecule has 0 aliphatic heterocycles. The Balaban J connectivity index is 1.45. The number of alkyl halides is 3. The third kappa shape index (κ3) is 5.79. The number of halogens is 4. The highest BCUT2D eigenvalue weighted by atomic mass is 35.5. The Morgan fingerprint density at radius 1 is 1.04 bits per heavy atom. The molecule has 0 heterocycles. The van der Waals surface area contributed by atoms with Crippen molar-refractivity contribution in [1.29, 1.82) is 0 Å². The van der Waals surface area contributed by atoms with Crippen molar-refractivity contribution in [3.05, 3.63) is 59.1 Å². The first-order valence-electron chi connectivity index (χ1n) is 8.96. The minimum Gasteiger partial charge on any atom is -0.490 e. The Bertz CT molecular complexity index is 804. The smallest absolute Gasteiger partial charge is 0.416 e. The molecule has 150 valence electrons. The zero-order valence-corrected chi connectivity index (χ0v) is 15.7. The Labute approximate surface area is 166 Å². The van der Waals surface area contributed by atoms with Crippen molar-refractivity contribution >= 4 is 23.3 Å². The summed E-state index contributed by atoms with van der Waals surface area (Å²) in [5.74, 6) is 0.753. The Morgan fingerprint density at radius 3 is 2.36 bits per heavy atom. The summed E-state index contributed by atoms with van der Waals surface area (Å²) >= 11 is 5.85. The van der Waals surface area contributed by atoms with Gasteiger partial charge in [-0.2, -0.15) is 13.2 Å². The van der Waals surface area contributed by atoms with E-state index in [4.69, 9.17) is 16.3 Å². The van der Waals surface area contributed by atoms with E-state index in [1.54, 1.807) is 12.1 Å². The van der Waals surface area contributed by atoms with Crippen molar-refractivity contribution in [2.45, 2.75) is 44.0 Å². The van der Waals surface area contributed by atoms with Crippen LogP contribution < -0.4 is 15.4 Å². The average Bonchev–Trinajstić information content (AvgIpc) is 2.65. The van der Waals surface area contributed by atoms with Gasteiger partial charge in [-0.1, -0.05) is 17.7 Å². The van der Waals surface area contributed by atoms with Crippen molar-refractivity contribution in [2.75, 3.05) is 5.32 Å². The number of carbonyl (C=O) groups is 1. The van der Waals surface area contributed by atoms with Crippen LogP contribution in [0.15, 0.2) is 48.5 Å². The van der Waals surface area contributed by atoms with E-state index in [9.17, 15) is 18.0 Å². The summed E-state index contributed by atoms with van der Waals surface area (Å²) < 4.78 is 44.1. The highest BCUT2D eigenvalue weighted by Gasteiger charge is 2.30. The van der Waals surface area contributed by atoms with Crippen LogP contribution in [0, 0.1) is 0 Å². The summed E-state index contributed by atoms with van der Waals surface area (Å²) in [6.07, 6.45) is -1.38. The lowest BCUT2D eigenvalue weighted by atomic mass is 9.93. The third-order valence-electron chi connectivity index (χ3n) is 4.57. The van der Waals surface area contributed by atoms with Crippen LogP contribution in [-0.4, -0.2) is 18.2 Å². The van der Waals surface area contributed by atoms with Crippen molar-refractivity contribution < 1.29 is 22.7 Å². The summed E-state index contributed by atoms with van der Waals surface area (Å²) in [7, 11) is 0. The predicted octanol–water partition coefficient (Wildman–Crippen LogP) is 5.87. The quantitative estimate of drug-likeness (QED) is 0.659. The molecule has 28 heavy (non-hydrogen) atoms. The van der Waals surface area contributed by atoms with Gasteiger partial charge in [-0.25, -0.2) is 4.79 Å². The van der Waals surface area contributed by atoms with E-state index in [0.29, 0.717) is 5.02 Å². The molecule has 2 N–H and O–H groups in total. The number of amides is 2. The number of anilines is 1. The average molecular weight is 413 g/mol. The van der Waals surface area contributed by atoms with Crippen LogP contribution in [0.4, 0.5) is 23.7 Å². The van der Waals surface area contributed by atoms with E-state index in [2.05, 4.69) is 10.6 Å². The number of urea groups is 1. The standard InChI is InChI=1S/C20H20ClF3N2O2/c21-14-4-8-17(9-5-14)28-18-10-6-15(7-11-18)25-19(27)26-16-3-1-2-13(12-16)20(22,23)24/h1-5,8-9,12,15,18H,6-7,10-11H2,(H2,25,26,27). The molecule has 4 nitrogen and oxygen atoms in total. The molecule has 2 amide bonds. The molecule has 1 aliphatic carbocycles. The Morgan fingerprint density at radius 2 is 1.71 bits per heavy atom. The van der Waals surface area contributed by atoms with Gasteiger partial charge in [0.15, 0.2) is 0 Å². The zero-order chi connectivity index (χ0) is 20.1. The van der Waals surface area contributed by atoms with Gasteiger partial charge in [0.2, 0.25) is 0 Å². The SMILES string of the molecule is O=C(Nc1cccc(C(F)(F)F)c1)NC1CCC(Oc2ccc(Cl)cc2)CC1. The number of nitrogens with one attached hydrogen (secondary N) is 2. The molecule has 1 saturated carbocycles. The minimum atomic E-state index is -4.45. The topological polar surface area (TPSA) is 50.4 Å². The van der Waals surface area contributed by atoms with Gasteiger partial charge in [0.1, 0.15) is 5.75 Å². The van der Waals surface area contributed by atoms with Crippen LogP contribution in [0.25, 0.3) is 0 Å². The largest absolute Gasteiger partial charge is 0.490 e. The highest BCUT2D eigenvalue weighted by molar-refractivity contribution is 6.30. The third-order valence-corrected chi connectivity index (χ3v) is 4.83. The number of carbonyl (C=O) groups excluding carboxylic acids is 1. The predicted molar refractivity (Wildman–Crippen MR) is 102 cm³/mol. The second-order valence-corrected chi connectivity index (χ2v) is 7.16. The maximum absolute atomic E-state index is 12.7. The van der Waals surface area contributed by atoms with Gasteiger partial charge in [0.05, 0.1) is 11.7 Å². The van der Waals surface area contributed by atoms with Crippen molar-refractivity contribution in [3.8, 4) is 5.75 Å². The second-order valence-electron chi connectivity index (χ2n) is 6.72. The summed E-state index contributed by atoms with van der Waals surface area (Å²) in [6.45, 7) is 0. The zero-order valence-electron chi connectivity index (χ0n) is 14.9. The van der Waals surface area contributed by atoms with Gasteiger partial charge in [-0.15, -0.1) is 0 Å². The summed E-state index contributed by atoms with van der Waals surface area (Å²) in [4.78, 5) is 12.1. The fourth-order valence-corrected chi connectivity index (χ4v) is 3.28. The molecular weight excluding hydrogens is 393 g/mol. The van der Waals surface area contributed by atoms with Gasteiger partial charge in [0, 0.05) is 16.8 Å². The highest BCUT2D eigenvalue weighted by Crippen LogP contribution is 2.30. The molecule has 0 atom stereocenters. The van der Waals surface area contributed by atoms with Crippen LogP contribution in [0.1, 0.15) is 31.2 Å². The molecule has 0 bridgehead atoms. The molecule has 0 radical (unpaired) electrons. The van der Waals surface area contributed by atoms with Gasteiger partial charge in [-0.05, 0) is 68.1 Å².